The van der Waals surface area contributed by atoms with Crippen LogP contribution in [0.2, 0.25) is 0 Å². The standard InChI is InChI=1S/C47H89O13P/c1-3-5-7-9-11-13-15-17-18-19-20-21-22-24-26-28-30-32-34-36-41(49)59-39(38-58-61(55,56)60-47-45(53)43(51)42(50)44(52)46(47)54)37-57-40(48)35-33-31-29-27-25-23-16-14-12-10-8-6-4-2/h19-20,39,42-47,50-54H,3-18,21-38H2,1-2H3,(H,55,56)/b20-19-/t39-,42?,43-,44?,45?,46?,47?/m1/s1. The van der Waals surface area contributed by atoms with Crippen LogP contribution in [0.25, 0.3) is 0 Å². The molecule has 0 aromatic carbocycles. The van der Waals surface area contributed by atoms with E-state index in [-0.39, 0.29) is 12.8 Å². The van der Waals surface area contributed by atoms with Crippen LogP contribution in [-0.4, -0.2) is 98.3 Å². The lowest BCUT2D eigenvalue weighted by Crippen LogP contribution is -2.64. The van der Waals surface area contributed by atoms with Crippen molar-refractivity contribution in [1.29, 1.82) is 0 Å². The van der Waals surface area contributed by atoms with E-state index in [2.05, 4.69) is 26.0 Å². The van der Waals surface area contributed by atoms with Gasteiger partial charge in [-0.15, -0.1) is 0 Å². The van der Waals surface area contributed by atoms with Crippen molar-refractivity contribution in [2.45, 2.75) is 262 Å². The molecule has 0 radical (unpaired) electrons. The van der Waals surface area contributed by atoms with E-state index < -0.39 is 75.7 Å². The van der Waals surface area contributed by atoms with Crippen molar-refractivity contribution in [2.75, 3.05) is 13.2 Å². The van der Waals surface area contributed by atoms with E-state index in [4.69, 9.17) is 18.5 Å². The van der Waals surface area contributed by atoms with Gasteiger partial charge in [-0.1, -0.05) is 180 Å². The molecule has 0 bridgehead atoms. The maximum Gasteiger partial charge on any atom is 0.472 e. The van der Waals surface area contributed by atoms with E-state index in [9.17, 15) is 44.6 Å². The zero-order valence-corrected chi connectivity index (χ0v) is 39.1. The molecule has 0 spiro atoms. The molecular formula is C47H89O13P. The third-order valence-corrected chi connectivity index (χ3v) is 12.6. The van der Waals surface area contributed by atoms with Crippen molar-refractivity contribution < 1.29 is 63.1 Å². The Kier molecular flexibility index (Phi) is 35.8. The predicted octanol–water partition coefficient (Wildman–Crippen LogP) is 9.84. The van der Waals surface area contributed by atoms with Crippen molar-refractivity contribution in [3.8, 4) is 0 Å². The molecule has 6 N–H and O–H groups in total. The summed E-state index contributed by atoms with van der Waals surface area (Å²) in [4.78, 5) is 35.7. The summed E-state index contributed by atoms with van der Waals surface area (Å²) in [7, 11) is -5.11. The molecule has 0 aromatic heterocycles. The van der Waals surface area contributed by atoms with Crippen LogP contribution in [0.3, 0.4) is 0 Å². The summed E-state index contributed by atoms with van der Waals surface area (Å²) in [6, 6.07) is 0. The molecule has 61 heavy (non-hydrogen) atoms. The highest BCUT2D eigenvalue weighted by Crippen LogP contribution is 2.47. The summed E-state index contributed by atoms with van der Waals surface area (Å²) < 4.78 is 33.6. The van der Waals surface area contributed by atoms with Crippen molar-refractivity contribution >= 4 is 19.8 Å². The van der Waals surface area contributed by atoms with Crippen LogP contribution in [0.4, 0.5) is 0 Å². The number of allylic oxidation sites excluding steroid dienone is 2. The normalized spacial score (nSPS) is 22.0. The highest BCUT2D eigenvalue weighted by atomic mass is 31.2. The average molecular weight is 893 g/mol. The Hall–Kier alpha value is -1.41. The Balaban J connectivity index is 2.41. The van der Waals surface area contributed by atoms with Crippen LogP contribution < -0.4 is 0 Å². The third kappa shape index (κ3) is 30.4. The van der Waals surface area contributed by atoms with Crippen LogP contribution in [0.5, 0.6) is 0 Å². The highest BCUT2D eigenvalue weighted by Gasteiger charge is 2.51. The second kappa shape index (κ2) is 37.9. The third-order valence-electron chi connectivity index (χ3n) is 11.6. The summed E-state index contributed by atoms with van der Waals surface area (Å²) >= 11 is 0. The Bertz CT molecular complexity index is 1120. The second-order valence-corrected chi connectivity index (χ2v) is 18.7. The van der Waals surface area contributed by atoms with E-state index >= 15 is 0 Å². The van der Waals surface area contributed by atoms with Crippen molar-refractivity contribution in [1.82, 2.24) is 0 Å². The molecule has 1 saturated carbocycles. The van der Waals surface area contributed by atoms with Gasteiger partial charge in [-0.05, 0) is 38.5 Å². The van der Waals surface area contributed by atoms with Crippen LogP contribution >= 0.6 is 7.82 Å². The van der Waals surface area contributed by atoms with Crippen molar-refractivity contribution in [3.63, 3.8) is 0 Å². The Morgan fingerprint density at radius 1 is 0.492 bits per heavy atom. The number of aliphatic hydroxyl groups is 5. The zero-order chi connectivity index (χ0) is 45.0. The van der Waals surface area contributed by atoms with Gasteiger partial charge in [-0.25, -0.2) is 4.57 Å². The molecule has 0 aromatic rings. The van der Waals surface area contributed by atoms with Gasteiger partial charge in [0.2, 0.25) is 0 Å². The summed E-state index contributed by atoms with van der Waals surface area (Å²) in [5, 5.41) is 50.2. The van der Waals surface area contributed by atoms with Gasteiger partial charge in [-0.3, -0.25) is 18.6 Å². The summed E-state index contributed by atoms with van der Waals surface area (Å²) in [5.41, 5.74) is 0. The van der Waals surface area contributed by atoms with Crippen molar-refractivity contribution in [2.24, 2.45) is 0 Å². The maximum atomic E-state index is 12.8. The lowest BCUT2D eigenvalue weighted by molar-refractivity contribution is -0.220. The quantitative estimate of drug-likeness (QED) is 0.0146. The molecule has 0 heterocycles. The minimum atomic E-state index is -5.11. The molecule has 0 aliphatic heterocycles. The molecule has 13 nitrogen and oxygen atoms in total. The number of phosphoric ester groups is 1. The molecule has 6 unspecified atom stereocenters. The van der Waals surface area contributed by atoms with Crippen LogP contribution in [0.15, 0.2) is 12.2 Å². The molecule has 0 saturated heterocycles. The number of hydrogen-bond donors (Lipinski definition) is 6. The predicted molar refractivity (Wildman–Crippen MR) is 240 cm³/mol. The van der Waals surface area contributed by atoms with Crippen LogP contribution in [0.1, 0.15) is 219 Å². The van der Waals surface area contributed by atoms with Gasteiger partial charge in [-0.2, -0.15) is 0 Å². The smallest absolute Gasteiger partial charge is 0.462 e. The number of ether oxygens (including phenoxy) is 2. The number of unbranched alkanes of at least 4 members (excludes halogenated alkanes) is 27. The maximum absolute atomic E-state index is 12.8. The minimum Gasteiger partial charge on any atom is -0.462 e. The fourth-order valence-electron chi connectivity index (χ4n) is 7.64. The number of hydrogen-bond acceptors (Lipinski definition) is 12. The van der Waals surface area contributed by atoms with E-state index in [0.29, 0.717) is 12.8 Å². The monoisotopic (exact) mass is 893 g/mol. The first-order chi connectivity index (χ1) is 29.4. The highest BCUT2D eigenvalue weighted by molar-refractivity contribution is 7.47. The van der Waals surface area contributed by atoms with Gasteiger partial charge < -0.3 is 39.9 Å². The van der Waals surface area contributed by atoms with Gasteiger partial charge >= 0.3 is 19.8 Å². The molecule has 1 aliphatic carbocycles. The van der Waals surface area contributed by atoms with Gasteiger partial charge in [0.25, 0.3) is 0 Å². The minimum absolute atomic E-state index is 0.0961. The number of rotatable bonds is 41. The number of carbonyl (C=O) groups excluding carboxylic acids is 2. The molecule has 1 rings (SSSR count). The molecule has 1 aliphatic rings. The second-order valence-electron chi connectivity index (χ2n) is 17.3. The Morgan fingerprint density at radius 3 is 1.25 bits per heavy atom. The topological polar surface area (TPSA) is 210 Å². The number of phosphoric acid groups is 1. The SMILES string of the molecule is CCCCCCCCCC/C=C\CCCCCCCCCC(=O)O[C@H](COC(=O)CCCCCCCCCCCCCCC)COP(=O)(O)OC1C(O)C(O)C(O)[C@@H](O)C1O. The first-order valence-corrected chi connectivity index (χ1v) is 26.0. The average Bonchev–Trinajstić information content (AvgIpc) is 3.24. The van der Waals surface area contributed by atoms with Crippen LogP contribution in [-0.2, 0) is 32.7 Å². The fraction of sp³-hybridized carbons (Fsp3) is 0.915. The Labute approximate surface area is 369 Å². The largest absolute Gasteiger partial charge is 0.472 e. The van der Waals surface area contributed by atoms with E-state index in [0.717, 1.165) is 51.4 Å². The number of carbonyl (C=O) groups is 2. The first-order valence-electron chi connectivity index (χ1n) is 24.5. The van der Waals surface area contributed by atoms with Gasteiger partial charge in [0.05, 0.1) is 6.61 Å². The van der Waals surface area contributed by atoms with Gasteiger partial charge in [0, 0.05) is 12.8 Å². The summed E-state index contributed by atoms with van der Waals surface area (Å²) in [6.07, 6.45) is 26.9. The molecule has 0 amide bonds. The fourth-order valence-corrected chi connectivity index (χ4v) is 8.61. The molecule has 1 fully saturated rings. The zero-order valence-electron chi connectivity index (χ0n) is 38.2. The molecule has 360 valence electrons. The molecule has 14 heteroatoms. The van der Waals surface area contributed by atoms with Gasteiger partial charge in [0.1, 0.15) is 43.2 Å². The lowest BCUT2D eigenvalue weighted by Gasteiger charge is -2.41. The number of esters is 2. The van der Waals surface area contributed by atoms with E-state index in [1.165, 1.54) is 128 Å². The van der Waals surface area contributed by atoms with Gasteiger partial charge in [0.15, 0.2) is 6.10 Å². The summed E-state index contributed by atoms with van der Waals surface area (Å²) in [6.45, 7) is 3.31. The molecular weight excluding hydrogens is 803 g/mol. The number of aliphatic hydroxyl groups excluding tert-OH is 5. The van der Waals surface area contributed by atoms with Crippen molar-refractivity contribution in [3.05, 3.63) is 12.2 Å². The lowest BCUT2D eigenvalue weighted by atomic mass is 9.85. The van der Waals surface area contributed by atoms with E-state index in [1.807, 2.05) is 0 Å². The Morgan fingerprint density at radius 2 is 0.836 bits per heavy atom. The molecule has 8 atom stereocenters. The first kappa shape index (κ1) is 57.6. The summed E-state index contributed by atoms with van der Waals surface area (Å²) in [5.74, 6) is -1.09. The van der Waals surface area contributed by atoms with E-state index in [1.54, 1.807) is 0 Å². The van der Waals surface area contributed by atoms with Crippen LogP contribution in [0, 0.1) is 0 Å².